The number of aromatic nitrogens is 2. The first-order valence-electron chi connectivity index (χ1n) is 6.83. The van der Waals surface area contributed by atoms with Crippen LogP contribution in [0.25, 0.3) is 32.3 Å². The van der Waals surface area contributed by atoms with Crippen molar-refractivity contribution in [3.63, 3.8) is 0 Å². The minimum atomic E-state index is 1.05. The lowest BCUT2D eigenvalue weighted by Gasteiger charge is -2.10. The fourth-order valence-corrected chi connectivity index (χ4v) is 4.33. The fraction of sp³-hybridized carbons (Fsp3) is 0.118. The van der Waals surface area contributed by atoms with Crippen molar-refractivity contribution >= 4 is 22.7 Å². The molecule has 1 aliphatic carbocycles. The Hall–Kier alpha value is -1.91. The summed E-state index contributed by atoms with van der Waals surface area (Å²) in [6, 6.07) is 15.0. The van der Waals surface area contributed by atoms with E-state index in [0.717, 1.165) is 11.4 Å². The summed E-state index contributed by atoms with van der Waals surface area (Å²) in [6.07, 6.45) is 0. The van der Waals surface area contributed by atoms with E-state index in [0.29, 0.717) is 0 Å². The Kier molecular flexibility index (Phi) is 2.94. The van der Waals surface area contributed by atoms with Gasteiger partial charge in [-0.1, -0.05) is 18.2 Å². The molecule has 3 heterocycles. The van der Waals surface area contributed by atoms with E-state index in [1.807, 2.05) is 0 Å². The average Bonchev–Trinajstić information content (AvgIpc) is 3.18. The highest BCUT2D eigenvalue weighted by Gasteiger charge is 2.18. The second-order valence-electron chi connectivity index (χ2n) is 5.12. The van der Waals surface area contributed by atoms with E-state index in [2.05, 4.69) is 66.5 Å². The Morgan fingerprint density at radius 3 is 2.14 bits per heavy atom. The van der Waals surface area contributed by atoms with Crippen molar-refractivity contribution < 1.29 is 0 Å². The third-order valence-corrected chi connectivity index (χ3v) is 5.61. The molecule has 21 heavy (non-hydrogen) atoms. The van der Waals surface area contributed by atoms with E-state index in [9.17, 15) is 0 Å². The topological polar surface area (TPSA) is 28.7 Å². The number of nitrogens with zero attached hydrogens (tertiary/aromatic N) is 1. The largest absolute Gasteiger partial charge is 0.276 e. The summed E-state index contributed by atoms with van der Waals surface area (Å²) < 4.78 is 0. The molecular weight excluding hydrogens is 296 g/mol. The van der Waals surface area contributed by atoms with Crippen LogP contribution in [0.3, 0.4) is 0 Å². The molecule has 0 spiro atoms. The van der Waals surface area contributed by atoms with E-state index in [-0.39, 0.29) is 0 Å². The van der Waals surface area contributed by atoms with Crippen molar-refractivity contribution in [2.24, 2.45) is 0 Å². The van der Waals surface area contributed by atoms with Crippen molar-refractivity contribution in [3.05, 3.63) is 52.2 Å². The number of aromatic amines is 1. The van der Waals surface area contributed by atoms with Gasteiger partial charge in [-0.2, -0.15) is 5.10 Å². The van der Waals surface area contributed by atoms with Gasteiger partial charge in [0, 0.05) is 20.9 Å². The quantitative estimate of drug-likeness (QED) is 0.514. The maximum atomic E-state index is 4.64. The van der Waals surface area contributed by atoms with Crippen molar-refractivity contribution in [3.8, 4) is 32.3 Å². The highest BCUT2D eigenvalue weighted by atomic mass is 32.1. The Bertz CT molecular complexity index is 811. The summed E-state index contributed by atoms with van der Waals surface area (Å²) in [5.74, 6) is 0. The molecule has 4 heteroatoms. The highest BCUT2D eigenvalue weighted by Crippen LogP contribution is 2.41. The van der Waals surface area contributed by atoms with E-state index in [4.69, 9.17) is 0 Å². The molecule has 1 N–H and O–H groups in total. The Labute approximate surface area is 131 Å². The van der Waals surface area contributed by atoms with Gasteiger partial charge in [-0.25, -0.2) is 0 Å². The third kappa shape index (κ3) is 2.11. The SMILES string of the molecule is Cc1ccc(-c2n[nH]c(-c3ccc(C)s3)c3cccc2-3)s1. The number of hydrogen-bond donors (Lipinski definition) is 1. The molecule has 0 atom stereocenters. The molecule has 0 saturated carbocycles. The minimum absolute atomic E-state index is 1.05. The summed E-state index contributed by atoms with van der Waals surface area (Å²) in [4.78, 5) is 5.08. The molecule has 2 aliphatic rings. The summed E-state index contributed by atoms with van der Waals surface area (Å²) in [7, 11) is 0. The molecule has 2 aromatic rings. The van der Waals surface area contributed by atoms with Crippen LogP contribution in [0, 0.1) is 13.8 Å². The zero-order chi connectivity index (χ0) is 14.4. The third-order valence-electron chi connectivity index (χ3n) is 3.58. The van der Waals surface area contributed by atoms with Crippen molar-refractivity contribution in [1.82, 2.24) is 10.2 Å². The molecule has 0 bridgehead atoms. The van der Waals surface area contributed by atoms with Gasteiger partial charge >= 0.3 is 0 Å². The predicted octanol–water partition coefficient (Wildman–Crippen LogP) is 5.59. The lowest BCUT2D eigenvalue weighted by atomic mass is 10.1. The number of thiophene rings is 2. The monoisotopic (exact) mass is 310 g/mol. The molecule has 0 radical (unpaired) electrons. The van der Waals surface area contributed by atoms with E-state index < -0.39 is 0 Å². The molecule has 4 rings (SSSR count). The van der Waals surface area contributed by atoms with Crippen molar-refractivity contribution in [2.45, 2.75) is 13.8 Å². The molecule has 104 valence electrons. The lowest BCUT2D eigenvalue weighted by Crippen LogP contribution is -1.94. The summed E-state index contributed by atoms with van der Waals surface area (Å²) in [5, 5.41) is 7.91. The molecular formula is C17H14N2S2. The van der Waals surface area contributed by atoms with Gasteiger partial charge < -0.3 is 0 Å². The Balaban J connectivity index is 1.92. The zero-order valence-corrected chi connectivity index (χ0v) is 13.4. The first-order chi connectivity index (χ1) is 10.2. The molecule has 2 nitrogen and oxygen atoms in total. The van der Waals surface area contributed by atoms with Gasteiger partial charge in [-0.05, 0) is 38.1 Å². The average molecular weight is 310 g/mol. The normalized spacial score (nSPS) is 11.3. The number of fused-ring (bicyclic) bond motifs is 1. The molecule has 0 fully saturated rings. The molecule has 0 aromatic carbocycles. The Morgan fingerprint density at radius 1 is 0.810 bits per heavy atom. The van der Waals surface area contributed by atoms with Crippen LogP contribution in [0.4, 0.5) is 0 Å². The lowest BCUT2D eigenvalue weighted by molar-refractivity contribution is 1.05. The van der Waals surface area contributed by atoms with E-state index in [1.165, 1.54) is 30.6 Å². The van der Waals surface area contributed by atoms with Gasteiger partial charge in [0.05, 0.1) is 15.4 Å². The van der Waals surface area contributed by atoms with Crippen LogP contribution in [0.5, 0.6) is 0 Å². The molecule has 1 aliphatic heterocycles. The van der Waals surface area contributed by atoms with E-state index in [1.54, 1.807) is 22.7 Å². The van der Waals surface area contributed by atoms with Crippen LogP contribution in [0.1, 0.15) is 9.75 Å². The van der Waals surface area contributed by atoms with Gasteiger partial charge in [0.25, 0.3) is 0 Å². The van der Waals surface area contributed by atoms with E-state index >= 15 is 0 Å². The maximum Gasteiger partial charge on any atom is 0.108 e. The summed E-state index contributed by atoms with van der Waals surface area (Å²) >= 11 is 3.58. The van der Waals surface area contributed by atoms with Gasteiger partial charge in [0.1, 0.15) is 5.69 Å². The second-order valence-corrected chi connectivity index (χ2v) is 7.70. The van der Waals surface area contributed by atoms with Crippen LogP contribution >= 0.6 is 22.7 Å². The van der Waals surface area contributed by atoms with Crippen LogP contribution < -0.4 is 0 Å². The van der Waals surface area contributed by atoms with Crippen molar-refractivity contribution in [2.75, 3.05) is 0 Å². The Morgan fingerprint density at radius 2 is 1.48 bits per heavy atom. The highest BCUT2D eigenvalue weighted by molar-refractivity contribution is 7.15. The van der Waals surface area contributed by atoms with Crippen LogP contribution in [-0.2, 0) is 0 Å². The standard InChI is InChI=1S/C17H14N2S2/c1-10-6-8-14(20-10)16-12-4-3-5-13(12)17(19-18-16)15-9-7-11(2)21-15/h3-9,18H,1-2H3. The smallest absolute Gasteiger partial charge is 0.108 e. The van der Waals surface area contributed by atoms with Gasteiger partial charge in [0.15, 0.2) is 0 Å². The second kappa shape index (κ2) is 4.83. The molecule has 0 unspecified atom stereocenters. The van der Waals surface area contributed by atoms with Crippen LogP contribution in [-0.4, -0.2) is 10.2 Å². The number of nitrogens with one attached hydrogen (secondary N) is 1. The summed E-state index contributed by atoms with van der Waals surface area (Å²) in [5.41, 5.74) is 4.62. The zero-order valence-electron chi connectivity index (χ0n) is 11.8. The predicted molar refractivity (Wildman–Crippen MR) is 91.3 cm³/mol. The van der Waals surface area contributed by atoms with Gasteiger partial charge in [-0.15, -0.1) is 22.7 Å². The number of rotatable bonds is 2. The molecule has 0 amide bonds. The number of H-pyrrole nitrogens is 1. The number of hydrogen-bond acceptors (Lipinski definition) is 3. The molecule has 0 saturated heterocycles. The van der Waals surface area contributed by atoms with Gasteiger partial charge in [0.2, 0.25) is 0 Å². The van der Waals surface area contributed by atoms with Crippen molar-refractivity contribution in [1.29, 1.82) is 0 Å². The fourth-order valence-electron chi connectivity index (χ4n) is 2.58. The van der Waals surface area contributed by atoms with Gasteiger partial charge in [-0.3, -0.25) is 5.10 Å². The first kappa shape index (κ1) is 12.8. The minimum Gasteiger partial charge on any atom is -0.276 e. The summed E-state index contributed by atoms with van der Waals surface area (Å²) in [6.45, 7) is 4.26. The van der Waals surface area contributed by atoms with Crippen LogP contribution in [0.15, 0.2) is 42.5 Å². The first-order valence-corrected chi connectivity index (χ1v) is 8.46. The van der Waals surface area contributed by atoms with Crippen LogP contribution in [0.2, 0.25) is 0 Å². The maximum absolute atomic E-state index is 4.64. The molecule has 2 aromatic heterocycles. The number of aryl methyl sites for hydroxylation is 2.